The molecule has 0 aliphatic carbocycles. The zero-order valence-corrected chi connectivity index (χ0v) is 15.2. The van der Waals surface area contributed by atoms with Crippen molar-refractivity contribution in [2.75, 3.05) is 26.2 Å². The Hall–Kier alpha value is -2.08. The summed E-state index contributed by atoms with van der Waals surface area (Å²) >= 11 is 0. The molecule has 0 aromatic heterocycles. The highest BCUT2D eigenvalue weighted by molar-refractivity contribution is 5.89. The first-order valence-electron chi connectivity index (χ1n) is 8.99. The third-order valence-electron chi connectivity index (χ3n) is 4.99. The lowest BCUT2D eigenvalue weighted by Gasteiger charge is -2.42. The number of likely N-dealkylation sites (tertiary alicyclic amines) is 1. The third-order valence-corrected chi connectivity index (χ3v) is 4.99. The van der Waals surface area contributed by atoms with Crippen LogP contribution in [0.1, 0.15) is 25.8 Å². The maximum absolute atomic E-state index is 12.5. The van der Waals surface area contributed by atoms with Crippen LogP contribution in [0, 0.1) is 6.92 Å². The molecule has 1 atom stereocenters. The van der Waals surface area contributed by atoms with Crippen LogP contribution in [0.25, 0.3) is 0 Å². The van der Waals surface area contributed by atoms with Gasteiger partial charge in [0, 0.05) is 19.1 Å². The molecule has 2 amide bonds. The van der Waals surface area contributed by atoms with E-state index in [1.54, 1.807) is 4.90 Å². The first-order valence-corrected chi connectivity index (χ1v) is 8.99. The molecule has 0 bridgehead atoms. The Bertz CT molecular complexity index is 641. The van der Waals surface area contributed by atoms with Gasteiger partial charge in [-0.05, 0) is 32.4 Å². The monoisotopic (exact) mass is 345 g/mol. The van der Waals surface area contributed by atoms with Gasteiger partial charge in [0.25, 0.3) is 0 Å². The number of carbonyl (C=O) groups excluding carboxylic acids is 2. The van der Waals surface area contributed by atoms with E-state index in [-0.39, 0.29) is 36.4 Å². The van der Waals surface area contributed by atoms with Gasteiger partial charge < -0.3 is 15.0 Å². The van der Waals surface area contributed by atoms with E-state index in [2.05, 4.69) is 24.1 Å². The molecule has 136 valence electrons. The summed E-state index contributed by atoms with van der Waals surface area (Å²) in [5.41, 5.74) is 1.10. The van der Waals surface area contributed by atoms with Gasteiger partial charge in [0.15, 0.2) is 0 Å². The van der Waals surface area contributed by atoms with Crippen molar-refractivity contribution in [3.05, 3.63) is 29.8 Å². The van der Waals surface area contributed by atoms with Crippen LogP contribution < -0.4 is 10.1 Å². The lowest BCUT2D eigenvalue weighted by molar-refractivity contribution is -0.145. The van der Waals surface area contributed by atoms with Gasteiger partial charge in [-0.15, -0.1) is 0 Å². The molecule has 25 heavy (non-hydrogen) atoms. The van der Waals surface area contributed by atoms with Crippen molar-refractivity contribution in [1.29, 1.82) is 0 Å². The van der Waals surface area contributed by atoms with Gasteiger partial charge in [0.05, 0.1) is 25.6 Å². The first-order chi connectivity index (χ1) is 12.0. The molecule has 3 rings (SSSR count). The number of benzene rings is 1. The fraction of sp³-hybridized carbons (Fsp3) is 0.579. The zero-order chi connectivity index (χ0) is 18.0. The zero-order valence-electron chi connectivity index (χ0n) is 15.2. The number of nitrogens with zero attached hydrogens (tertiary/aromatic N) is 2. The molecule has 2 heterocycles. The van der Waals surface area contributed by atoms with Crippen LogP contribution in [0.2, 0.25) is 0 Å². The summed E-state index contributed by atoms with van der Waals surface area (Å²) in [6, 6.07) is 7.78. The SMILES string of the molecule is Cc1ccccc1OC1CN(C(=O)C[C@@H]2C(=O)NCCN2C(C)C)C1. The molecule has 0 unspecified atom stereocenters. The summed E-state index contributed by atoms with van der Waals surface area (Å²) in [5.74, 6) is 0.858. The van der Waals surface area contributed by atoms with Crippen molar-refractivity contribution in [1.82, 2.24) is 15.1 Å². The summed E-state index contributed by atoms with van der Waals surface area (Å²) < 4.78 is 5.95. The van der Waals surface area contributed by atoms with E-state index in [0.29, 0.717) is 19.6 Å². The lowest BCUT2D eigenvalue weighted by atomic mass is 10.0. The van der Waals surface area contributed by atoms with Crippen LogP contribution in [-0.2, 0) is 9.59 Å². The van der Waals surface area contributed by atoms with Crippen LogP contribution in [-0.4, -0.2) is 66.0 Å². The average molecular weight is 345 g/mol. The van der Waals surface area contributed by atoms with E-state index in [4.69, 9.17) is 4.74 Å². The van der Waals surface area contributed by atoms with Crippen LogP contribution in [0.5, 0.6) is 5.75 Å². The second-order valence-electron chi connectivity index (χ2n) is 7.15. The number of piperazine rings is 1. The summed E-state index contributed by atoms with van der Waals surface area (Å²) in [6.45, 7) is 8.75. The Balaban J connectivity index is 1.51. The van der Waals surface area contributed by atoms with E-state index < -0.39 is 0 Å². The topological polar surface area (TPSA) is 61.9 Å². The number of ether oxygens (including phenoxy) is 1. The average Bonchev–Trinajstić information content (AvgIpc) is 2.53. The fourth-order valence-electron chi connectivity index (χ4n) is 3.44. The molecular weight excluding hydrogens is 318 g/mol. The molecule has 1 aromatic carbocycles. The van der Waals surface area contributed by atoms with Crippen LogP contribution in [0.4, 0.5) is 0 Å². The number of aryl methyl sites for hydroxylation is 1. The van der Waals surface area contributed by atoms with Crippen molar-refractivity contribution in [2.45, 2.75) is 45.4 Å². The maximum Gasteiger partial charge on any atom is 0.237 e. The third kappa shape index (κ3) is 3.95. The largest absolute Gasteiger partial charge is 0.486 e. The Morgan fingerprint density at radius 2 is 2.04 bits per heavy atom. The van der Waals surface area contributed by atoms with Crippen LogP contribution in [0.3, 0.4) is 0 Å². The van der Waals surface area contributed by atoms with E-state index in [9.17, 15) is 9.59 Å². The molecule has 0 saturated carbocycles. The number of hydrogen-bond donors (Lipinski definition) is 1. The Labute approximate surface area is 149 Å². The minimum absolute atomic E-state index is 0.0253. The van der Waals surface area contributed by atoms with Gasteiger partial charge in [-0.3, -0.25) is 14.5 Å². The van der Waals surface area contributed by atoms with E-state index >= 15 is 0 Å². The van der Waals surface area contributed by atoms with Gasteiger partial charge in [-0.25, -0.2) is 0 Å². The number of rotatable bonds is 5. The summed E-state index contributed by atoms with van der Waals surface area (Å²) in [6.07, 6.45) is 0.271. The number of carbonyl (C=O) groups is 2. The minimum atomic E-state index is -0.363. The Morgan fingerprint density at radius 1 is 1.32 bits per heavy atom. The molecule has 1 N–H and O–H groups in total. The number of hydrogen-bond acceptors (Lipinski definition) is 4. The maximum atomic E-state index is 12.5. The fourth-order valence-corrected chi connectivity index (χ4v) is 3.44. The van der Waals surface area contributed by atoms with E-state index in [0.717, 1.165) is 17.9 Å². The number of para-hydroxylation sites is 1. The normalized spacial score (nSPS) is 21.8. The van der Waals surface area contributed by atoms with Crippen LogP contribution >= 0.6 is 0 Å². The molecule has 1 aromatic rings. The Kier molecular flexibility index (Phi) is 5.27. The minimum Gasteiger partial charge on any atom is -0.486 e. The molecule has 2 aliphatic rings. The second kappa shape index (κ2) is 7.44. The molecule has 2 fully saturated rings. The van der Waals surface area contributed by atoms with Gasteiger partial charge in [0.1, 0.15) is 11.9 Å². The van der Waals surface area contributed by atoms with Gasteiger partial charge in [0.2, 0.25) is 11.8 Å². The highest BCUT2D eigenvalue weighted by atomic mass is 16.5. The van der Waals surface area contributed by atoms with Crippen molar-refractivity contribution < 1.29 is 14.3 Å². The quantitative estimate of drug-likeness (QED) is 0.871. The Morgan fingerprint density at radius 3 is 2.72 bits per heavy atom. The van der Waals surface area contributed by atoms with Crippen LogP contribution in [0.15, 0.2) is 24.3 Å². The molecule has 6 heteroatoms. The highest BCUT2D eigenvalue weighted by Gasteiger charge is 2.38. The molecule has 2 saturated heterocycles. The van der Waals surface area contributed by atoms with Crippen molar-refractivity contribution in [3.8, 4) is 5.75 Å². The van der Waals surface area contributed by atoms with Gasteiger partial charge >= 0.3 is 0 Å². The lowest BCUT2D eigenvalue weighted by Crippen LogP contribution is -2.61. The van der Waals surface area contributed by atoms with Gasteiger partial charge in [-0.2, -0.15) is 0 Å². The smallest absolute Gasteiger partial charge is 0.237 e. The number of amides is 2. The van der Waals surface area contributed by atoms with Gasteiger partial charge in [-0.1, -0.05) is 18.2 Å². The predicted octanol–water partition coefficient (Wildman–Crippen LogP) is 1.18. The summed E-state index contributed by atoms with van der Waals surface area (Å²) in [7, 11) is 0. The summed E-state index contributed by atoms with van der Waals surface area (Å²) in [5, 5.41) is 2.87. The molecule has 0 spiro atoms. The van der Waals surface area contributed by atoms with E-state index in [1.165, 1.54) is 0 Å². The molecule has 6 nitrogen and oxygen atoms in total. The van der Waals surface area contributed by atoms with Crippen molar-refractivity contribution in [3.63, 3.8) is 0 Å². The first kappa shape index (κ1) is 17.7. The standard InChI is InChI=1S/C19H27N3O3/c1-13(2)22-9-8-20-19(24)16(22)10-18(23)21-11-15(12-21)25-17-7-5-4-6-14(17)3/h4-7,13,15-16H,8-12H2,1-3H3,(H,20,24)/t16-/m1/s1. The van der Waals surface area contributed by atoms with Crippen molar-refractivity contribution >= 4 is 11.8 Å². The van der Waals surface area contributed by atoms with E-state index in [1.807, 2.05) is 31.2 Å². The highest BCUT2D eigenvalue weighted by Crippen LogP contribution is 2.23. The molecule has 0 radical (unpaired) electrons. The second-order valence-corrected chi connectivity index (χ2v) is 7.15. The predicted molar refractivity (Wildman–Crippen MR) is 95.4 cm³/mol. The number of nitrogens with one attached hydrogen (secondary N) is 1. The summed E-state index contributed by atoms with van der Waals surface area (Å²) in [4.78, 5) is 28.6. The van der Waals surface area contributed by atoms with Crippen molar-refractivity contribution in [2.24, 2.45) is 0 Å². The molecule has 2 aliphatic heterocycles. The molecular formula is C19H27N3O3.